The number of amides is 1. The van der Waals surface area contributed by atoms with E-state index in [1.54, 1.807) is 12.1 Å². The molecule has 106 valence electrons. The number of aryl methyl sites for hydroxylation is 2. The van der Waals surface area contributed by atoms with Gasteiger partial charge in [0.05, 0.1) is 17.1 Å². The first-order chi connectivity index (χ1) is 9.38. The van der Waals surface area contributed by atoms with Crippen LogP contribution >= 0.6 is 11.6 Å². The van der Waals surface area contributed by atoms with Crippen LogP contribution in [0.15, 0.2) is 12.1 Å². The first-order valence-electron chi connectivity index (χ1n) is 6.39. The number of anilines is 1. The molecule has 0 aliphatic rings. The van der Waals surface area contributed by atoms with Crippen LogP contribution in [0.4, 0.5) is 5.69 Å². The topological polar surface area (TPSA) is 70.7 Å². The Morgan fingerprint density at radius 2 is 2.05 bits per heavy atom. The maximum Gasteiger partial charge on any atom is 0.255 e. The molecule has 5 nitrogen and oxygen atoms in total. The number of pyridine rings is 1. The monoisotopic (exact) mass is 292 g/mol. The lowest BCUT2D eigenvalue weighted by Gasteiger charge is -2.09. The minimum absolute atomic E-state index is 0.206. The van der Waals surface area contributed by atoms with Gasteiger partial charge in [0.2, 0.25) is 0 Å². The number of carbonyl (C=O) groups excluding carboxylic acids is 1. The number of aromatic amines is 1. The van der Waals surface area contributed by atoms with Crippen molar-refractivity contribution in [1.29, 1.82) is 0 Å². The van der Waals surface area contributed by atoms with Crippen molar-refractivity contribution in [1.82, 2.24) is 15.2 Å². The van der Waals surface area contributed by atoms with Gasteiger partial charge in [-0.3, -0.25) is 9.89 Å². The van der Waals surface area contributed by atoms with Crippen molar-refractivity contribution in [3.05, 3.63) is 39.9 Å². The summed E-state index contributed by atoms with van der Waals surface area (Å²) in [6, 6.07) is 3.32. The van der Waals surface area contributed by atoms with Crippen molar-refractivity contribution in [2.24, 2.45) is 0 Å². The van der Waals surface area contributed by atoms with E-state index >= 15 is 0 Å². The van der Waals surface area contributed by atoms with Crippen molar-refractivity contribution < 1.29 is 4.79 Å². The van der Waals surface area contributed by atoms with Crippen LogP contribution in [0.5, 0.6) is 0 Å². The minimum atomic E-state index is -0.219. The molecule has 0 bridgehead atoms. The molecule has 0 aliphatic carbocycles. The first-order valence-corrected chi connectivity index (χ1v) is 6.76. The second-order valence-corrected chi connectivity index (χ2v) is 5.41. The lowest BCUT2D eigenvalue weighted by Crippen LogP contribution is -2.14. The van der Waals surface area contributed by atoms with Crippen LogP contribution in [0.1, 0.15) is 47.2 Å². The molecule has 0 spiro atoms. The number of H-pyrrole nitrogens is 1. The van der Waals surface area contributed by atoms with E-state index in [9.17, 15) is 4.79 Å². The SMILES string of the molecule is Cc1n[nH]c(C)c1NC(=O)c1cc(Cl)nc(C(C)C)c1. The molecule has 20 heavy (non-hydrogen) atoms. The van der Waals surface area contributed by atoms with Gasteiger partial charge in [0.25, 0.3) is 5.91 Å². The fraction of sp³-hybridized carbons (Fsp3) is 0.357. The molecule has 2 aromatic rings. The standard InChI is InChI=1S/C14H17ClN4O/c1-7(2)11-5-10(6-12(15)16-11)14(20)17-13-8(3)18-19-9(13)4/h5-7H,1-4H3,(H,17,20)(H,18,19). The van der Waals surface area contributed by atoms with Gasteiger partial charge in [-0.2, -0.15) is 5.10 Å². The van der Waals surface area contributed by atoms with Crippen LogP contribution in [0, 0.1) is 13.8 Å². The van der Waals surface area contributed by atoms with E-state index in [1.807, 2.05) is 27.7 Å². The normalized spacial score (nSPS) is 10.9. The number of aromatic nitrogens is 3. The van der Waals surface area contributed by atoms with Gasteiger partial charge in [-0.15, -0.1) is 0 Å². The summed E-state index contributed by atoms with van der Waals surface area (Å²) in [7, 11) is 0. The van der Waals surface area contributed by atoms with E-state index in [1.165, 1.54) is 0 Å². The fourth-order valence-corrected chi connectivity index (χ4v) is 2.08. The molecule has 6 heteroatoms. The summed E-state index contributed by atoms with van der Waals surface area (Å²) in [4.78, 5) is 16.5. The molecule has 0 aliphatic heterocycles. The summed E-state index contributed by atoms with van der Waals surface area (Å²) >= 11 is 5.97. The third-order valence-corrected chi connectivity index (χ3v) is 3.23. The zero-order chi connectivity index (χ0) is 14.9. The van der Waals surface area contributed by atoms with Crippen LogP contribution in [0.3, 0.4) is 0 Å². The lowest BCUT2D eigenvalue weighted by molar-refractivity contribution is 0.102. The van der Waals surface area contributed by atoms with Gasteiger partial charge in [0.15, 0.2) is 0 Å². The van der Waals surface area contributed by atoms with E-state index in [4.69, 9.17) is 11.6 Å². The third kappa shape index (κ3) is 2.99. The summed E-state index contributed by atoms with van der Waals surface area (Å²) in [5, 5.41) is 10.1. The van der Waals surface area contributed by atoms with E-state index in [-0.39, 0.29) is 11.8 Å². The molecule has 0 fully saturated rings. The van der Waals surface area contributed by atoms with E-state index in [2.05, 4.69) is 20.5 Å². The highest BCUT2D eigenvalue weighted by Gasteiger charge is 2.14. The van der Waals surface area contributed by atoms with Crippen LogP contribution in [-0.2, 0) is 0 Å². The van der Waals surface area contributed by atoms with E-state index in [0.717, 1.165) is 17.1 Å². The number of nitrogens with one attached hydrogen (secondary N) is 2. The number of halogens is 1. The molecule has 2 aromatic heterocycles. The van der Waals surface area contributed by atoms with E-state index in [0.29, 0.717) is 16.4 Å². The zero-order valence-corrected chi connectivity index (χ0v) is 12.7. The quantitative estimate of drug-likeness (QED) is 0.851. The highest BCUT2D eigenvalue weighted by Crippen LogP contribution is 2.21. The summed E-state index contributed by atoms with van der Waals surface area (Å²) in [5.41, 5.74) is 3.56. The van der Waals surface area contributed by atoms with Crippen molar-refractivity contribution in [2.75, 3.05) is 5.32 Å². The van der Waals surface area contributed by atoms with Crippen molar-refractivity contribution in [3.63, 3.8) is 0 Å². The Morgan fingerprint density at radius 1 is 1.35 bits per heavy atom. The Labute approximate surface area is 122 Å². The smallest absolute Gasteiger partial charge is 0.255 e. The number of nitrogens with zero attached hydrogens (tertiary/aromatic N) is 2. The zero-order valence-electron chi connectivity index (χ0n) is 11.9. The van der Waals surface area contributed by atoms with Crippen LogP contribution in [0.25, 0.3) is 0 Å². The maximum absolute atomic E-state index is 12.3. The molecule has 0 saturated carbocycles. The molecule has 0 atom stereocenters. The molecule has 2 rings (SSSR count). The Kier molecular flexibility index (Phi) is 4.09. The van der Waals surface area contributed by atoms with Gasteiger partial charge in [-0.05, 0) is 31.9 Å². The molecule has 2 N–H and O–H groups in total. The van der Waals surface area contributed by atoms with E-state index < -0.39 is 0 Å². The summed E-state index contributed by atoms with van der Waals surface area (Å²) in [6.45, 7) is 7.70. The molecule has 1 amide bonds. The van der Waals surface area contributed by atoms with Crippen molar-refractivity contribution in [3.8, 4) is 0 Å². The molecular weight excluding hydrogens is 276 g/mol. The Balaban J connectivity index is 2.30. The highest BCUT2D eigenvalue weighted by atomic mass is 35.5. The van der Waals surface area contributed by atoms with Gasteiger partial charge >= 0.3 is 0 Å². The predicted molar refractivity (Wildman–Crippen MR) is 79.4 cm³/mol. The van der Waals surface area contributed by atoms with Crippen LogP contribution < -0.4 is 5.32 Å². The van der Waals surface area contributed by atoms with Crippen LogP contribution in [0.2, 0.25) is 5.15 Å². The molecule has 2 heterocycles. The molecule has 0 aromatic carbocycles. The maximum atomic E-state index is 12.3. The molecule has 0 unspecified atom stereocenters. The number of hydrogen-bond acceptors (Lipinski definition) is 3. The summed E-state index contributed by atoms with van der Waals surface area (Å²) in [5.74, 6) is -0.0125. The first kappa shape index (κ1) is 14.5. The summed E-state index contributed by atoms with van der Waals surface area (Å²) in [6.07, 6.45) is 0. The minimum Gasteiger partial charge on any atom is -0.319 e. The Hall–Kier alpha value is -1.88. The van der Waals surface area contributed by atoms with Gasteiger partial charge < -0.3 is 5.32 Å². The second kappa shape index (κ2) is 5.63. The molecular formula is C14H17ClN4O. The highest BCUT2D eigenvalue weighted by molar-refractivity contribution is 6.29. The van der Waals surface area contributed by atoms with Crippen LogP contribution in [-0.4, -0.2) is 21.1 Å². The molecule has 0 saturated heterocycles. The summed E-state index contributed by atoms with van der Waals surface area (Å²) < 4.78 is 0. The average molecular weight is 293 g/mol. The largest absolute Gasteiger partial charge is 0.319 e. The number of hydrogen-bond donors (Lipinski definition) is 2. The molecule has 0 radical (unpaired) electrons. The van der Waals surface area contributed by atoms with Gasteiger partial charge in [0, 0.05) is 11.3 Å². The second-order valence-electron chi connectivity index (χ2n) is 5.02. The predicted octanol–water partition coefficient (Wildman–Crippen LogP) is 3.45. The Bertz CT molecular complexity index is 629. The van der Waals surface area contributed by atoms with Gasteiger partial charge in [0.1, 0.15) is 5.15 Å². The fourth-order valence-electron chi connectivity index (χ4n) is 1.86. The van der Waals surface area contributed by atoms with Crippen molar-refractivity contribution >= 4 is 23.2 Å². The third-order valence-electron chi connectivity index (χ3n) is 3.03. The Morgan fingerprint density at radius 3 is 2.60 bits per heavy atom. The van der Waals surface area contributed by atoms with Gasteiger partial charge in [-0.25, -0.2) is 4.98 Å². The van der Waals surface area contributed by atoms with Crippen molar-refractivity contribution in [2.45, 2.75) is 33.6 Å². The number of rotatable bonds is 3. The van der Waals surface area contributed by atoms with Gasteiger partial charge in [-0.1, -0.05) is 25.4 Å². The average Bonchev–Trinajstić information content (AvgIpc) is 2.69. The number of carbonyl (C=O) groups is 1. The lowest BCUT2D eigenvalue weighted by atomic mass is 10.1.